The first-order valence-corrected chi connectivity index (χ1v) is 10.5. The average Bonchev–Trinajstić information content (AvgIpc) is 3.49. The lowest BCUT2D eigenvalue weighted by molar-refractivity contribution is -0.137. The lowest BCUT2D eigenvalue weighted by Crippen LogP contribution is -2.25. The SMILES string of the molecule is CCOc1ccc(-c2cc3c(=O)n(Cc4nc(-c5cccc(C(F)(F)F)c5)no4)ncn3n2)cc1. The third-order valence-electron chi connectivity index (χ3n) is 5.15. The third-order valence-corrected chi connectivity index (χ3v) is 5.15. The minimum Gasteiger partial charge on any atom is -0.494 e. The maximum atomic E-state index is 13.0. The van der Waals surface area contributed by atoms with Crippen LogP contribution < -0.4 is 10.3 Å². The molecule has 12 heteroatoms. The summed E-state index contributed by atoms with van der Waals surface area (Å²) < 4.78 is 52.0. The van der Waals surface area contributed by atoms with Gasteiger partial charge in [0.25, 0.3) is 5.56 Å². The molecule has 9 nitrogen and oxygen atoms in total. The molecule has 0 fully saturated rings. The molecule has 0 unspecified atom stereocenters. The van der Waals surface area contributed by atoms with Crippen molar-refractivity contribution in [3.05, 3.63) is 82.7 Å². The first-order valence-electron chi connectivity index (χ1n) is 10.5. The normalized spacial score (nSPS) is 11.8. The Morgan fingerprint density at radius 3 is 2.60 bits per heavy atom. The first-order chi connectivity index (χ1) is 16.8. The van der Waals surface area contributed by atoms with Crippen molar-refractivity contribution in [2.45, 2.75) is 19.6 Å². The van der Waals surface area contributed by atoms with E-state index in [0.717, 1.165) is 28.1 Å². The van der Waals surface area contributed by atoms with Crippen molar-refractivity contribution in [2.75, 3.05) is 6.61 Å². The fourth-order valence-corrected chi connectivity index (χ4v) is 3.48. The Balaban J connectivity index is 1.40. The summed E-state index contributed by atoms with van der Waals surface area (Å²) in [7, 11) is 0. The fraction of sp³-hybridized carbons (Fsp3) is 0.174. The molecule has 0 saturated carbocycles. The Hall–Kier alpha value is -4.48. The van der Waals surface area contributed by atoms with Gasteiger partial charge in [0.1, 0.15) is 24.1 Å². The van der Waals surface area contributed by atoms with Crippen LogP contribution in [0.1, 0.15) is 18.4 Å². The van der Waals surface area contributed by atoms with Crippen LogP contribution in [0.2, 0.25) is 0 Å². The average molecular weight is 482 g/mol. The smallest absolute Gasteiger partial charge is 0.416 e. The monoisotopic (exact) mass is 482 g/mol. The van der Waals surface area contributed by atoms with Crippen LogP contribution in [-0.4, -0.2) is 36.1 Å². The van der Waals surface area contributed by atoms with E-state index in [1.54, 1.807) is 6.07 Å². The summed E-state index contributed by atoms with van der Waals surface area (Å²) in [6.07, 6.45) is -3.12. The minimum absolute atomic E-state index is 0.0163. The number of alkyl halides is 3. The predicted octanol–water partition coefficient (Wildman–Crippen LogP) is 4.07. The van der Waals surface area contributed by atoms with E-state index in [1.807, 2.05) is 31.2 Å². The molecule has 5 rings (SSSR count). The minimum atomic E-state index is -4.50. The molecular weight excluding hydrogens is 465 g/mol. The number of halogens is 3. The maximum absolute atomic E-state index is 13.0. The number of hydrogen-bond donors (Lipinski definition) is 0. The summed E-state index contributed by atoms with van der Waals surface area (Å²) in [6.45, 7) is 2.29. The highest BCUT2D eigenvalue weighted by Crippen LogP contribution is 2.31. The molecule has 3 heterocycles. The van der Waals surface area contributed by atoms with Gasteiger partial charge in [-0.05, 0) is 49.4 Å². The highest BCUT2D eigenvalue weighted by Gasteiger charge is 2.30. The van der Waals surface area contributed by atoms with Crippen molar-refractivity contribution in [2.24, 2.45) is 0 Å². The van der Waals surface area contributed by atoms with Crippen LogP contribution in [0.15, 0.2) is 70.2 Å². The van der Waals surface area contributed by atoms with Gasteiger partial charge in [-0.3, -0.25) is 4.79 Å². The number of ether oxygens (including phenoxy) is 1. The van der Waals surface area contributed by atoms with Crippen molar-refractivity contribution in [1.82, 2.24) is 29.5 Å². The zero-order valence-electron chi connectivity index (χ0n) is 18.2. The van der Waals surface area contributed by atoms with Crippen molar-refractivity contribution < 1.29 is 22.4 Å². The highest BCUT2D eigenvalue weighted by atomic mass is 19.4. The van der Waals surface area contributed by atoms with Gasteiger partial charge in [-0.15, -0.1) is 0 Å². The molecule has 0 N–H and O–H groups in total. The van der Waals surface area contributed by atoms with E-state index in [2.05, 4.69) is 20.3 Å². The molecule has 0 bridgehead atoms. The van der Waals surface area contributed by atoms with E-state index in [-0.39, 0.29) is 29.3 Å². The number of hydrogen-bond acceptors (Lipinski definition) is 7. The number of nitrogens with zero attached hydrogens (tertiary/aromatic N) is 6. The molecule has 5 aromatic rings. The predicted molar refractivity (Wildman–Crippen MR) is 118 cm³/mol. The molecule has 0 amide bonds. The quantitative estimate of drug-likeness (QED) is 0.360. The summed E-state index contributed by atoms with van der Waals surface area (Å²) in [6, 6.07) is 13.5. The Bertz CT molecular complexity index is 1550. The van der Waals surface area contributed by atoms with Gasteiger partial charge in [0.2, 0.25) is 11.7 Å². The van der Waals surface area contributed by atoms with Gasteiger partial charge in [-0.25, -0.2) is 9.20 Å². The zero-order valence-corrected chi connectivity index (χ0v) is 18.2. The molecule has 0 aliphatic carbocycles. The van der Waals surface area contributed by atoms with Crippen LogP contribution >= 0.6 is 0 Å². The van der Waals surface area contributed by atoms with Crippen LogP contribution in [0, 0.1) is 0 Å². The number of fused-ring (bicyclic) bond motifs is 1. The van der Waals surface area contributed by atoms with E-state index in [0.29, 0.717) is 12.3 Å². The molecule has 2 aromatic carbocycles. The van der Waals surface area contributed by atoms with Gasteiger partial charge >= 0.3 is 6.18 Å². The standard InChI is InChI=1S/C23H17F3N6O3/c1-2-34-17-8-6-14(7-9-17)18-11-19-22(33)31(27-13-32(19)29-18)12-20-28-21(30-35-20)15-4-3-5-16(10-15)23(24,25)26/h3-11,13H,2,12H2,1H3. The van der Waals surface area contributed by atoms with Gasteiger partial charge in [0, 0.05) is 11.1 Å². The summed E-state index contributed by atoms with van der Waals surface area (Å²) >= 11 is 0. The van der Waals surface area contributed by atoms with Crippen molar-refractivity contribution >= 4 is 5.52 Å². The molecule has 0 aliphatic heterocycles. The van der Waals surface area contributed by atoms with Gasteiger partial charge < -0.3 is 9.26 Å². The summed E-state index contributed by atoms with van der Waals surface area (Å²) in [5, 5.41) is 12.2. The molecule has 3 aromatic heterocycles. The highest BCUT2D eigenvalue weighted by molar-refractivity contribution is 5.66. The van der Waals surface area contributed by atoms with Crippen LogP contribution in [-0.2, 0) is 12.7 Å². The second kappa shape index (κ2) is 8.70. The lowest BCUT2D eigenvalue weighted by atomic mass is 10.1. The second-order valence-electron chi connectivity index (χ2n) is 7.50. The van der Waals surface area contributed by atoms with E-state index < -0.39 is 17.3 Å². The maximum Gasteiger partial charge on any atom is 0.416 e. The van der Waals surface area contributed by atoms with E-state index in [4.69, 9.17) is 9.26 Å². The Morgan fingerprint density at radius 1 is 1.06 bits per heavy atom. The summed E-state index contributed by atoms with van der Waals surface area (Å²) in [4.78, 5) is 17.1. The molecule has 178 valence electrons. The Labute approximate surface area is 195 Å². The van der Waals surface area contributed by atoms with E-state index in [9.17, 15) is 18.0 Å². The molecule has 0 aliphatic rings. The van der Waals surface area contributed by atoms with Crippen LogP contribution in [0.5, 0.6) is 5.75 Å². The van der Waals surface area contributed by atoms with Gasteiger partial charge in [0.05, 0.1) is 17.9 Å². The lowest BCUT2D eigenvalue weighted by Gasteiger charge is -2.06. The van der Waals surface area contributed by atoms with Gasteiger partial charge in [-0.2, -0.15) is 28.4 Å². The molecule has 0 saturated heterocycles. The molecule has 0 spiro atoms. The van der Waals surface area contributed by atoms with Crippen LogP contribution in [0.4, 0.5) is 13.2 Å². The molecule has 35 heavy (non-hydrogen) atoms. The summed E-state index contributed by atoms with van der Waals surface area (Å²) in [5.41, 5.74) is 0.521. The van der Waals surface area contributed by atoms with Gasteiger partial charge in [0.15, 0.2) is 0 Å². The third kappa shape index (κ3) is 4.50. The Morgan fingerprint density at radius 2 is 1.86 bits per heavy atom. The fourth-order valence-electron chi connectivity index (χ4n) is 3.48. The molecular formula is C23H17F3N6O3. The van der Waals surface area contributed by atoms with Crippen LogP contribution in [0.25, 0.3) is 28.2 Å². The van der Waals surface area contributed by atoms with Crippen molar-refractivity contribution in [1.29, 1.82) is 0 Å². The Kier molecular flexibility index (Phi) is 5.55. The second-order valence-corrected chi connectivity index (χ2v) is 7.50. The topological polar surface area (TPSA) is 100 Å². The number of rotatable bonds is 6. The van der Waals surface area contributed by atoms with Crippen molar-refractivity contribution in [3.63, 3.8) is 0 Å². The number of aromatic nitrogens is 6. The summed E-state index contributed by atoms with van der Waals surface area (Å²) in [5.74, 6) is 0.720. The van der Waals surface area contributed by atoms with Gasteiger partial charge in [-0.1, -0.05) is 17.3 Å². The first kappa shape index (κ1) is 22.3. The molecule has 0 radical (unpaired) electrons. The van der Waals surface area contributed by atoms with E-state index in [1.165, 1.54) is 23.0 Å². The largest absolute Gasteiger partial charge is 0.494 e. The molecule has 0 atom stereocenters. The zero-order chi connectivity index (χ0) is 24.6. The van der Waals surface area contributed by atoms with E-state index >= 15 is 0 Å². The van der Waals surface area contributed by atoms with Crippen molar-refractivity contribution in [3.8, 4) is 28.4 Å². The van der Waals surface area contributed by atoms with Crippen LogP contribution in [0.3, 0.4) is 0 Å². The number of benzene rings is 2.